The molecular weight excluding hydrogens is 1210 g/mol. The van der Waals surface area contributed by atoms with E-state index in [2.05, 4.69) is 55.4 Å². The van der Waals surface area contributed by atoms with Crippen molar-refractivity contribution in [2.45, 2.75) is 382 Å². The smallest absolute Gasteiger partial charge is 0.462 e. The Bertz CT molecular complexity index is 1820. The zero-order valence-electron chi connectivity index (χ0n) is 60.2. The van der Waals surface area contributed by atoms with Crippen molar-refractivity contribution in [3.8, 4) is 0 Å². The van der Waals surface area contributed by atoms with Crippen molar-refractivity contribution in [2.24, 2.45) is 23.7 Å². The molecule has 19 heteroatoms. The van der Waals surface area contributed by atoms with E-state index >= 15 is 0 Å². The SMILES string of the molecule is CCC(C)CCCCCCCCCCC(=O)OC[C@H](COP(=O)(O)OC[C@@H](O)COP(=O)(O)OC[C@@H](COC(=O)CCCCCCCCC(C)CC)OC(=O)CCCCCCCCCCCCCCCCCC(C)C)OC(=O)CCCCCCCCCCCC(C)C. The van der Waals surface area contributed by atoms with Gasteiger partial charge in [-0.05, 0) is 49.4 Å². The van der Waals surface area contributed by atoms with Gasteiger partial charge in [0.1, 0.15) is 19.3 Å². The number of ether oxygens (including phenoxy) is 4. The van der Waals surface area contributed by atoms with Gasteiger partial charge >= 0.3 is 39.5 Å². The number of phosphoric acid groups is 2. The van der Waals surface area contributed by atoms with Gasteiger partial charge in [0, 0.05) is 25.7 Å². The molecule has 0 spiro atoms. The number of esters is 4. The Labute approximate surface area is 562 Å². The highest BCUT2D eigenvalue weighted by molar-refractivity contribution is 7.47. The first-order chi connectivity index (χ1) is 44.2. The molecule has 7 atom stereocenters. The number of carbonyl (C=O) groups excluding carboxylic acids is 4. The summed E-state index contributed by atoms with van der Waals surface area (Å²) >= 11 is 0. The molecule has 0 aromatic carbocycles. The van der Waals surface area contributed by atoms with Gasteiger partial charge in [0.05, 0.1) is 26.4 Å². The fraction of sp³-hybridized carbons (Fsp3) is 0.945. The number of hydrogen-bond donors (Lipinski definition) is 3. The third-order valence-corrected chi connectivity index (χ3v) is 19.4. The minimum Gasteiger partial charge on any atom is -0.462 e. The number of aliphatic hydroxyl groups is 1. The van der Waals surface area contributed by atoms with Crippen LogP contribution in [0.1, 0.15) is 364 Å². The Hall–Kier alpha value is -1.94. The first-order valence-electron chi connectivity index (χ1n) is 37.8. The largest absolute Gasteiger partial charge is 0.472 e. The number of carbonyl (C=O) groups is 4. The second-order valence-electron chi connectivity index (χ2n) is 27.8. The van der Waals surface area contributed by atoms with Gasteiger partial charge in [-0.25, -0.2) is 9.13 Å². The van der Waals surface area contributed by atoms with E-state index in [1.54, 1.807) is 0 Å². The molecule has 0 rings (SSSR count). The first kappa shape index (κ1) is 90.1. The van der Waals surface area contributed by atoms with E-state index in [1.807, 2.05) is 0 Å². The van der Waals surface area contributed by atoms with E-state index in [4.69, 9.17) is 37.0 Å². The summed E-state index contributed by atoms with van der Waals surface area (Å²) in [5, 5.41) is 10.6. The Morgan fingerprint density at radius 2 is 0.522 bits per heavy atom. The molecule has 92 heavy (non-hydrogen) atoms. The van der Waals surface area contributed by atoms with Crippen LogP contribution in [0.3, 0.4) is 0 Å². The van der Waals surface area contributed by atoms with Crippen LogP contribution in [0.25, 0.3) is 0 Å². The van der Waals surface area contributed by atoms with Gasteiger partial charge in [-0.15, -0.1) is 0 Å². The van der Waals surface area contributed by atoms with Crippen LogP contribution in [0.5, 0.6) is 0 Å². The zero-order chi connectivity index (χ0) is 68.2. The third-order valence-electron chi connectivity index (χ3n) is 17.5. The molecule has 0 aliphatic heterocycles. The Morgan fingerprint density at radius 1 is 0.304 bits per heavy atom. The molecule has 0 aromatic rings. The molecule has 0 aliphatic rings. The maximum atomic E-state index is 13.0. The molecule has 3 N–H and O–H groups in total. The fourth-order valence-corrected chi connectivity index (χ4v) is 12.5. The monoisotopic (exact) mass is 1350 g/mol. The summed E-state index contributed by atoms with van der Waals surface area (Å²) in [5.74, 6) is 0.921. The van der Waals surface area contributed by atoms with Gasteiger partial charge in [0.15, 0.2) is 12.2 Å². The Morgan fingerprint density at radius 3 is 0.772 bits per heavy atom. The maximum Gasteiger partial charge on any atom is 0.472 e. The molecule has 0 aromatic heterocycles. The van der Waals surface area contributed by atoms with Gasteiger partial charge < -0.3 is 33.8 Å². The lowest BCUT2D eigenvalue weighted by molar-refractivity contribution is -0.161. The minimum absolute atomic E-state index is 0.104. The topological polar surface area (TPSA) is 237 Å². The summed E-state index contributed by atoms with van der Waals surface area (Å²) in [6.45, 7) is 14.1. The molecule has 0 fully saturated rings. The number of aliphatic hydroxyl groups excluding tert-OH is 1. The van der Waals surface area contributed by atoms with Crippen molar-refractivity contribution < 1.29 is 80.2 Å². The predicted molar refractivity (Wildman–Crippen MR) is 372 cm³/mol. The average Bonchev–Trinajstić information content (AvgIpc) is 3.05. The Balaban J connectivity index is 5.24. The van der Waals surface area contributed by atoms with Gasteiger partial charge in [-0.1, -0.05) is 312 Å². The molecule has 17 nitrogen and oxygen atoms in total. The fourth-order valence-electron chi connectivity index (χ4n) is 11.0. The van der Waals surface area contributed by atoms with Crippen molar-refractivity contribution in [2.75, 3.05) is 39.6 Å². The lowest BCUT2D eigenvalue weighted by Crippen LogP contribution is -2.30. The molecule has 546 valence electrons. The van der Waals surface area contributed by atoms with Gasteiger partial charge in [-0.2, -0.15) is 0 Å². The van der Waals surface area contributed by atoms with Crippen LogP contribution in [0.15, 0.2) is 0 Å². The summed E-state index contributed by atoms with van der Waals surface area (Å²) < 4.78 is 68.4. The molecule has 0 aliphatic carbocycles. The van der Waals surface area contributed by atoms with Crippen LogP contribution in [0, 0.1) is 23.7 Å². The normalized spacial score (nSPS) is 14.8. The lowest BCUT2D eigenvalue weighted by atomic mass is 9.99. The number of phosphoric ester groups is 2. The van der Waals surface area contributed by atoms with Crippen molar-refractivity contribution >= 4 is 39.5 Å². The number of hydrogen-bond acceptors (Lipinski definition) is 15. The van der Waals surface area contributed by atoms with Crippen LogP contribution in [-0.4, -0.2) is 96.7 Å². The van der Waals surface area contributed by atoms with Crippen LogP contribution >= 0.6 is 15.6 Å². The molecule has 0 heterocycles. The van der Waals surface area contributed by atoms with E-state index in [1.165, 1.54) is 161 Å². The van der Waals surface area contributed by atoms with Gasteiger partial charge in [0.25, 0.3) is 0 Å². The van der Waals surface area contributed by atoms with Crippen LogP contribution in [0.2, 0.25) is 0 Å². The molecule has 0 saturated carbocycles. The maximum absolute atomic E-state index is 13.0. The highest BCUT2D eigenvalue weighted by Gasteiger charge is 2.30. The van der Waals surface area contributed by atoms with Crippen molar-refractivity contribution in [3.05, 3.63) is 0 Å². The molecule has 4 unspecified atom stereocenters. The summed E-state index contributed by atoms with van der Waals surface area (Å²) in [7, 11) is -9.91. The van der Waals surface area contributed by atoms with E-state index < -0.39 is 97.5 Å². The summed E-state index contributed by atoms with van der Waals surface area (Å²) in [5.41, 5.74) is 0. The van der Waals surface area contributed by atoms with Gasteiger partial charge in [-0.3, -0.25) is 37.3 Å². The standard InChI is InChI=1S/C73H142O17P2/c1-9-65(7)51-43-35-27-23-24-28-37-45-53-70(75)83-59-68(89-73(78)56-48-40-30-22-18-20-26-34-42-50-64(5)6)61-87-91(79,80)85-57-67(74)58-86-92(81,82)88-62-69(60-84-71(76)54-46-38-32-31-36-44-52-66(8)10-2)90-72(77)55-47-39-29-21-17-15-13-11-12-14-16-19-25-33-41-49-63(3)4/h63-69,74H,9-62H2,1-8H3,(H,79,80)(H,81,82)/t65?,66?,67-,68-,69-/m1/s1. The van der Waals surface area contributed by atoms with E-state index in [0.29, 0.717) is 25.7 Å². The second kappa shape index (κ2) is 62.6. The van der Waals surface area contributed by atoms with Crippen LogP contribution in [0.4, 0.5) is 0 Å². The highest BCUT2D eigenvalue weighted by Crippen LogP contribution is 2.45. The third kappa shape index (κ3) is 64.1. The lowest BCUT2D eigenvalue weighted by Gasteiger charge is -2.21. The molecule has 0 radical (unpaired) electrons. The van der Waals surface area contributed by atoms with Gasteiger partial charge in [0.2, 0.25) is 0 Å². The second-order valence-corrected chi connectivity index (χ2v) is 30.7. The zero-order valence-corrected chi connectivity index (χ0v) is 62.0. The summed E-state index contributed by atoms with van der Waals surface area (Å²) in [4.78, 5) is 72.7. The number of rotatable bonds is 70. The molecule has 0 amide bonds. The Kier molecular flexibility index (Phi) is 61.3. The average molecular weight is 1350 g/mol. The predicted octanol–water partition coefficient (Wildman–Crippen LogP) is 20.9. The minimum atomic E-state index is -4.95. The van der Waals surface area contributed by atoms with E-state index in [9.17, 15) is 43.2 Å². The number of unbranched alkanes of at least 4 members (excludes halogenated alkanes) is 34. The van der Waals surface area contributed by atoms with E-state index in [-0.39, 0.29) is 25.7 Å². The van der Waals surface area contributed by atoms with Crippen LogP contribution < -0.4 is 0 Å². The molecule has 0 saturated heterocycles. The van der Waals surface area contributed by atoms with Crippen LogP contribution in [-0.2, 0) is 65.4 Å². The first-order valence-corrected chi connectivity index (χ1v) is 40.8. The quantitative estimate of drug-likeness (QED) is 0.0222. The van der Waals surface area contributed by atoms with E-state index in [0.717, 1.165) is 120 Å². The summed E-state index contributed by atoms with van der Waals surface area (Å²) in [6.07, 6.45) is 45.8. The summed E-state index contributed by atoms with van der Waals surface area (Å²) in [6, 6.07) is 0. The van der Waals surface area contributed by atoms with Crippen molar-refractivity contribution in [1.82, 2.24) is 0 Å². The highest BCUT2D eigenvalue weighted by atomic mass is 31.2. The van der Waals surface area contributed by atoms with Crippen molar-refractivity contribution in [3.63, 3.8) is 0 Å². The molecular formula is C73H142O17P2. The van der Waals surface area contributed by atoms with Crippen molar-refractivity contribution in [1.29, 1.82) is 0 Å². The molecule has 0 bridgehead atoms.